The maximum Gasteiger partial charge on any atom is 0.164 e. The van der Waals surface area contributed by atoms with Crippen molar-refractivity contribution in [2.24, 2.45) is 0 Å². The van der Waals surface area contributed by atoms with Crippen LogP contribution in [0.2, 0.25) is 0 Å². The van der Waals surface area contributed by atoms with Gasteiger partial charge in [-0.1, -0.05) is 121 Å². The molecule has 8 aromatic carbocycles. The van der Waals surface area contributed by atoms with Crippen LogP contribution in [0.3, 0.4) is 0 Å². The number of furan rings is 2. The highest BCUT2D eigenvalue weighted by Gasteiger charge is 2.19. The molecule has 0 N–H and O–H groups in total. The van der Waals surface area contributed by atoms with Crippen LogP contribution < -0.4 is 0 Å². The molecule has 0 fully saturated rings. The van der Waals surface area contributed by atoms with Gasteiger partial charge in [-0.05, 0) is 75.1 Å². The van der Waals surface area contributed by atoms with Crippen LogP contribution in [0.1, 0.15) is 0 Å². The molecule has 0 amide bonds. The summed E-state index contributed by atoms with van der Waals surface area (Å²) in [5, 5.41) is 8.83. The minimum atomic E-state index is 0.593. The molecule has 5 nitrogen and oxygen atoms in total. The number of aromatic nitrogens is 3. The average Bonchev–Trinajstić information content (AvgIpc) is 3.78. The fourth-order valence-electron chi connectivity index (χ4n) is 7.61. The molecule has 11 rings (SSSR count). The largest absolute Gasteiger partial charge is 0.456 e. The molecular weight excluding hydrogens is 639 g/mol. The summed E-state index contributed by atoms with van der Waals surface area (Å²) in [6.45, 7) is 0. The molecule has 11 aromatic rings. The molecule has 0 saturated heterocycles. The summed E-state index contributed by atoms with van der Waals surface area (Å²) in [4.78, 5) is 15.5. The van der Waals surface area contributed by atoms with Crippen LogP contribution in [-0.4, -0.2) is 15.0 Å². The Morgan fingerprint density at radius 1 is 0.308 bits per heavy atom. The van der Waals surface area contributed by atoms with Gasteiger partial charge in [0.1, 0.15) is 22.3 Å². The van der Waals surface area contributed by atoms with Crippen LogP contribution in [0, 0.1) is 0 Å². The van der Waals surface area contributed by atoms with E-state index < -0.39 is 0 Å². The molecule has 242 valence electrons. The van der Waals surface area contributed by atoms with Crippen LogP contribution in [0.4, 0.5) is 0 Å². The summed E-state index contributed by atoms with van der Waals surface area (Å²) >= 11 is 0. The summed E-state index contributed by atoms with van der Waals surface area (Å²) in [6.07, 6.45) is 0. The van der Waals surface area contributed by atoms with E-state index in [1.807, 2.05) is 48.5 Å². The first kappa shape index (κ1) is 28.7. The zero-order chi connectivity index (χ0) is 34.2. The quantitative estimate of drug-likeness (QED) is 0.175. The summed E-state index contributed by atoms with van der Waals surface area (Å²) in [5.41, 5.74) is 8.38. The molecule has 0 aliphatic rings. The van der Waals surface area contributed by atoms with E-state index in [0.717, 1.165) is 87.9 Å². The van der Waals surface area contributed by atoms with E-state index in [4.69, 9.17) is 23.8 Å². The Hall–Kier alpha value is -7.11. The maximum atomic E-state index is 6.26. The van der Waals surface area contributed by atoms with Crippen molar-refractivity contribution in [1.82, 2.24) is 15.0 Å². The van der Waals surface area contributed by atoms with Crippen LogP contribution in [-0.2, 0) is 0 Å². The Labute approximate surface area is 297 Å². The Kier molecular flexibility index (Phi) is 6.18. The van der Waals surface area contributed by atoms with E-state index in [1.165, 1.54) is 5.39 Å². The third-order valence-electron chi connectivity index (χ3n) is 10.1. The van der Waals surface area contributed by atoms with Gasteiger partial charge < -0.3 is 8.83 Å². The minimum absolute atomic E-state index is 0.593. The lowest BCUT2D eigenvalue weighted by Gasteiger charge is -2.11. The second-order valence-corrected chi connectivity index (χ2v) is 13.2. The topological polar surface area (TPSA) is 65.0 Å². The molecule has 0 saturated carbocycles. The van der Waals surface area contributed by atoms with Crippen LogP contribution >= 0.6 is 0 Å². The molecule has 0 aliphatic heterocycles. The van der Waals surface area contributed by atoms with Crippen molar-refractivity contribution in [3.8, 4) is 45.3 Å². The zero-order valence-corrected chi connectivity index (χ0v) is 27.7. The van der Waals surface area contributed by atoms with E-state index in [9.17, 15) is 0 Å². The van der Waals surface area contributed by atoms with Gasteiger partial charge in [0, 0.05) is 38.2 Å². The Morgan fingerprint density at radius 3 is 1.77 bits per heavy atom. The first-order chi connectivity index (χ1) is 25.7. The predicted octanol–water partition coefficient (Wildman–Crippen LogP) is 12.6. The van der Waals surface area contributed by atoms with Crippen LogP contribution in [0.5, 0.6) is 0 Å². The van der Waals surface area contributed by atoms with Crippen molar-refractivity contribution in [3.05, 3.63) is 164 Å². The fraction of sp³-hybridized carbons (Fsp3) is 0. The Bertz CT molecular complexity index is 3190. The van der Waals surface area contributed by atoms with E-state index in [1.54, 1.807) is 0 Å². The standard InChI is InChI=1S/C47H27N3O2/c1-2-10-28(11-3-1)29-12-8-13-32(24-29)45-48-46(50-47(49-45)37-16-9-19-42-44(37)36-15-5-7-18-41(36)51-42)33-22-23-34-30(25-33)20-21-31-26-43-39(27-38(31)34)35-14-4-6-17-40(35)52-43/h1-27H. The predicted molar refractivity (Wildman–Crippen MR) is 211 cm³/mol. The molecule has 3 heterocycles. The molecule has 0 aliphatic carbocycles. The lowest BCUT2D eigenvalue weighted by molar-refractivity contribution is 0.669. The normalized spacial score (nSPS) is 11.8. The van der Waals surface area contributed by atoms with Crippen molar-refractivity contribution in [2.75, 3.05) is 0 Å². The zero-order valence-electron chi connectivity index (χ0n) is 27.7. The summed E-state index contributed by atoms with van der Waals surface area (Å²) in [7, 11) is 0. The molecule has 0 unspecified atom stereocenters. The van der Waals surface area contributed by atoms with Crippen molar-refractivity contribution in [3.63, 3.8) is 0 Å². The number of hydrogen-bond donors (Lipinski definition) is 0. The Morgan fingerprint density at radius 2 is 0.923 bits per heavy atom. The van der Waals surface area contributed by atoms with E-state index >= 15 is 0 Å². The van der Waals surface area contributed by atoms with Gasteiger partial charge in [-0.15, -0.1) is 0 Å². The number of para-hydroxylation sites is 2. The molecule has 0 radical (unpaired) electrons. The average molecular weight is 666 g/mol. The number of benzene rings is 8. The summed E-state index contributed by atoms with van der Waals surface area (Å²) in [6, 6.07) is 56.4. The van der Waals surface area contributed by atoms with Gasteiger partial charge in [-0.3, -0.25) is 0 Å². The monoisotopic (exact) mass is 665 g/mol. The summed E-state index contributed by atoms with van der Waals surface area (Å²) in [5.74, 6) is 1.80. The number of hydrogen-bond acceptors (Lipinski definition) is 5. The molecular formula is C47H27N3O2. The van der Waals surface area contributed by atoms with Crippen LogP contribution in [0.15, 0.2) is 173 Å². The third kappa shape index (κ3) is 4.53. The second-order valence-electron chi connectivity index (χ2n) is 13.2. The SMILES string of the molecule is c1ccc(-c2cccc(-c3nc(-c4ccc5c(ccc6cc7oc8ccccc8c7cc65)c4)nc(-c4cccc5oc6ccccc6c45)n3)c2)cc1. The maximum absolute atomic E-state index is 6.26. The number of rotatable bonds is 4. The number of nitrogens with zero attached hydrogens (tertiary/aromatic N) is 3. The fourth-order valence-corrected chi connectivity index (χ4v) is 7.61. The third-order valence-corrected chi connectivity index (χ3v) is 10.1. The van der Waals surface area contributed by atoms with E-state index in [0.29, 0.717) is 17.5 Å². The van der Waals surface area contributed by atoms with Gasteiger partial charge in [0.25, 0.3) is 0 Å². The van der Waals surface area contributed by atoms with Crippen molar-refractivity contribution in [1.29, 1.82) is 0 Å². The van der Waals surface area contributed by atoms with Gasteiger partial charge in [-0.2, -0.15) is 0 Å². The van der Waals surface area contributed by atoms with Crippen LogP contribution in [0.25, 0.3) is 111 Å². The van der Waals surface area contributed by atoms with Crippen molar-refractivity contribution < 1.29 is 8.83 Å². The van der Waals surface area contributed by atoms with Gasteiger partial charge in [-0.25, -0.2) is 15.0 Å². The Balaban J connectivity index is 1.12. The molecule has 3 aromatic heterocycles. The van der Waals surface area contributed by atoms with Gasteiger partial charge >= 0.3 is 0 Å². The second kappa shape index (κ2) is 11.2. The van der Waals surface area contributed by atoms with Gasteiger partial charge in [0.05, 0.1) is 0 Å². The highest BCUT2D eigenvalue weighted by molar-refractivity contribution is 6.17. The highest BCUT2D eigenvalue weighted by Crippen LogP contribution is 2.39. The van der Waals surface area contributed by atoms with Gasteiger partial charge in [0.2, 0.25) is 0 Å². The summed E-state index contributed by atoms with van der Waals surface area (Å²) < 4.78 is 12.5. The van der Waals surface area contributed by atoms with Crippen molar-refractivity contribution in [2.45, 2.75) is 0 Å². The smallest absolute Gasteiger partial charge is 0.164 e. The van der Waals surface area contributed by atoms with E-state index in [2.05, 4.69) is 115 Å². The minimum Gasteiger partial charge on any atom is -0.456 e. The first-order valence-corrected chi connectivity index (χ1v) is 17.3. The van der Waals surface area contributed by atoms with E-state index in [-0.39, 0.29) is 0 Å². The number of fused-ring (bicyclic) bond motifs is 9. The lowest BCUT2D eigenvalue weighted by atomic mass is 9.98. The van der Waals surface area contributed by atoms with Gasteiger partial charge in [0.15, 0.2) is 17.5 Å². The molecule has 5 heteroatoms. The first-order valence-electron chi connectivity index (χ1n) is 17.3. The highest BCUT2D eigenvalue weighted by atomic mass is 16.3. The lowest BCUT2D eigenvalue weighted by Crippen LogP contribution is -2.00. The molecule has 0 bridgehead atoms. The van der Waals surface area contributed by atoms with Crippen molar-refractivity contribution >= 4 is 65.4 Å². The molecule has 0 spiro atoms. The molecule has 0 atom stereocenters. The molecule has 52 heavy (non-hydrogen) atoms.